The van der Waals surface area contributed by atoms with Crippen molar-refractivity contribution >= 4 is 0 Å². The summed E-state index contributed by atoms with van der Waals surface area (Å²) in [6.07, 6.45) is -4.57. The standard InChI is InChI=1S/C7H12O4/c1-3-2-4(8)6(10)7(11)5(3)9/h4-11H,1-2H2/t4-,5-,6+,7+/m1/s1. The zero-order valence-electron chi connectivity index (χ0n) is 6.01. The van der Waals surface area contributed by atoms with Crippen molar-refractivity contribution in [3.8, 4) is 0 Å². The van der Waals surface area contributed by atoms with Gasteiger partial charge in [-0.2, -0.15) is 0 Å². The van der Waals surface area contributed by atoms with Gasteiger partial charge in [-0.1, -0.05) is 6.58 Å². The summed E-state index contributed by atoms with van der Waals surface area (Å²) in [5, 5.41) is 36.3. The van der Waals surface area contributed by atoms with E-state index in [9.17, 15) is 0 Å². The second-order valence-corrected chi connectivity index (χ2v) is 2.86. The van der Waals surface area contributed by atoms with E-state index in [1.54, 1.807) is 0 Å². The van der Waals surface area contributed by atoms with E-state index in [1.807, 2.05) is 0 Å². The van der Waals surface area contributed by atoms with E-state index >= 15 is 0 Å². The topological polar surface area (TPSA) is 80.9 Å². The summed E-state index contributed by atoms with van der Waals surface area (Å²) < 4.78 is 0. The third-order valence-electron chi connectivity index (χ3n) is 1.96. The van der Waals surface area contributed by atoms with E-state index in [1.165, 1.54) is 0 Å². The van der Waals surface area contributed by atoms with Crippen LogP contribution in [0.4, 0.5) is 0 Å². The molecule has 0 spiro atoms. The molecule has 11 heavy (non-hydrogen) atoms. The van der Waals surface area contributed by atoms with Crippen LogP contribution < -0.4 is 0 Å². The molecule has 0 aliphatic heterocycles. The molecule has 4 nitrogen and oxygen atoms in total. The maximum Gasteiger partial charge on any atom is 0.112 e. The lowest BCUT2D eigenvalue weighted by molar-refractivity contribution is -0.114. The minimum absolute atomic E-state index is 0.138. The van der Waals surface area contributed by atoms with Crippen molar-refractivity contribution in [1.82, 2.24) is 0 Å². The Morgan fingerprint density at radius 1 is 1.09 bits per heavy atom. The van der Waals surface area contributed by atoms with Crippen LogP contribution in [-0.2, 0) is 0 Å². The van der Waals surface area contributed by atoms with Crippen LogP contribution in [0.1, 0.15) is 6.42 Å². The first-order valence-electron chi connectivity index (χ1n) is 3.44. The number of hydrogen-bond acceptors (Lipinski definition) is 4. The number of aliphatic hydroxyl groups excluding tert-OH is 4. The van der Waals surface area contributed by atoms with Gasteiger partial charge in [0, 0.05) is 0 Å². The molecule has 1 fully saturated rings. The molecule has 0 aromatic heterocycles. The SMILES string of the molecule is C=C1C[C@@H](O)[C@H](O)[C@@H](O)[C@@H]1O. The molecular weight excluding hydrogens is 148 g/mol. The maximum absolute atomic E-state index is 9.11. The van der Waals surface area contributed by atoms with Crippen LogP contribution in [0.2, 0.25) is 0 Å². The van der Waals surface area contributed by atoms with E-state index in [0.29, 0.717) is 5.57 Å². The fourth-order valence-electron chi connectivity index (χ4n) is 1.17. The Hall–Kier alpha value is -0.420. The fourth-order valence-corrected chi connectivity index (χ4v) is 1.17. The van der Waals surface area contributed by atoms with Gasteiger partial charge in [0.1, 0.15) is 18.3 Å². The predicted molar refractivity (Wildman–Crippen MR) is 37.8 cm³/mol. The van der Waals surface area contributed by atoms with Crippen LogP contribution in [0.3, 0.4) is 0 Å². The average Bonchev–Trinajstić information content (AvgIpc) is 1.97. The van der Waals surface area contributed by atoms with E-state index < -0.39 is 24.4 Å². The molecule has 4 heteroatoms. The van der Waals surface area contributed by atoms with Crippen molar-refractivity contribution in [3.05, 3.63) is 12.2 Å². The molecule has 0 radical (unpaired) electrons. The molecule has 0 unspecified atom stereocenters. The molecule has 0 bridgehead atoms. The summed E-state index contributed by atoms with van der Waals surface area (Å²) >= 11 is 0. The summed E-state index contributed by atoms with van der Waals surface area (Å²) in [5.74, 6) is 0. The molecule has 4 N–H and O–H groups in total. The Labute approximate surface area is 64.4 Å². The lowest BCUT2D eigenvalue weighted by Crippen LogP contribution is -2.50. The number of hydrogen-bond donors (Lipinski definition) is 4. The van der Waals surface area contributed by atoms with Crippen LogP contribution in [-0.4, -0.2) is 44.8 Å². The normalized spacial score (nSPS) is 46.0. The van der Waals surface area contributed by atoms with Crippen molar-refractivity contribution in [1.29, 1.82) is 0 Å². The first kappa shape index (κ1) is 8.67. The van der Waals surface area contributed by atoms with Crippen molar-refractivity contribution in [3.63, 3.8) is 0 Å². The van der Waals surface area contributed by atoms with E-state index in [-0.39, 0.29) is 6.42 Å². The Balaban J connectivity index is 2.70. The highest BCUT2D eigenvalue weighted by atomic mass is 16.4. The smallest absolute Gasteiger partial charge is 0.112 e. The highest BCUT2D eigenvalue weighted by molar-refractivity contribution is 5.12. The van der Waals surface area contributed by atoms with Gasteiger partial charge in [-0.25, -0.2) is 0 Å². The second kappa shape index (κ2) is 2.91. The van der Waals surface area contributed by atoms with Gasteiger partial charge in [0.15, 0.2) is 0 Å². The van der Waals surface area contributed by atoms with Gasteiger partial charge < -0.3 is 20.4 Å². The van der Waals surface area contributed by atoms with Crippen molar-refractivity contribution < 1.29 is 20.4 Å². The Kier molecular flexibility index (Phi) is 2.29. The number of aliphatic hydroxyl groups is 4. The van der Waals surface area contributed by atoms with Crippen LogP contribution in [0.15, 0.2) is 12.2 Å². The highest BCUT2D eigenvalue weighted by Gasteiger charge is 2.37. The Bertz CT molecular complexity index is 168. The van der Waals surface area contributed by atoms with Crippen molar-refractivity contribution in [2.75, 3.05) is 0 Å². The van der Waals surface area contributed by atoms with Crippen molar-refractivity contribution in [2.45, 2.75) is 30.8 Å². The summed E-state index contributed by atoms with van der Waals surface area (Å²) in [6, 6.07) is 0. The molecule has 0 amide bonds. The molecule has 0 aromatic rings. The first-order valence-corrected chi connectivity index (χ1v) is 3.44. The van der Waals surface area contributed by atoms with Crippen LogP contribution in [0, 0.1) is 0 Å². The van der Waals surface area contributed by atoms with Gasteiger partial charge in [0.2, 0.25) is 0 Å². The molecule has 4 atom stereocenters. The molecule has 1 aliphatic rings. The quantitative estimate of drug-likeness (QED) is 0.321. The minimum atomic E-state index is -1.31. The molecule has 1 saturated carbocycles. The van der Waals surface area contributed by atoms with Gasteiger partial charge in [-0.05, 0) is 12.0 Å². The molecule has 1 aliphatic carbocycles. The van der Waals surface area contributed by atoms with Gasteiger partial charge in [0.05, 0.1) is 6.10 Å². The summed E-state index contributed by atoms with van der Waals surface area (Å²) in [4.78, 5) is 0. The molecule has 0 aromatic carbocycles. The fraction of sp³-hybridized carbons (Fsp3) is 0.714. The van der Waals surface area contributed by atoms with Gasteiger partial charge >= 0.3 is 0 Å². The average molecular weight is 160 g/mol. The molecule has 0 saturated heterocycles. The lowest BCUT2D eigenvalue weighted by Gasteiger charge is -2.33. The molecule has 0 heterocycles. The zero-order chi connectivity index (χ0) is 8.59. The zero-order valence-corrected chi connectivity index (χ0v) is 6.01. The molecule has 64 valence electrons. The van der Waals surface area contributed by atoms with E-state index in [2.05, 4.69) is 6.58 Å². The van der Waals surface area contributed by atoms with Gasteiger partial charge in [0.25, 0.3) is 0 Å². The Morgan fingerprint density at radius 3 is 2.18 bits per heavy atom. The summed E-state index contributed by atoms with van der Waals surface area (Å²) in [7, 11) is 0. The van der Waals surface area contributed by atoms with Gasteiger partial charge in [-0.3, -0.25) is 0 Å². The van der Waals surface area contributed by atoms with Gasteiger partial charge in [-0.15, -0.1) is 0 Å². The maximum atomic E-state index is 9.11. The summed E-state index contributed by atoms with van der Waals surface area (Å²) in [5.41, 5.74) is 0.357. The third kappa shape index (κ3) is 1.44. The largest absolute Gasteiger partial charge is 0.390 e. The minimum Gasteiger partial charge on any atom is -0.390 e. The third-order valence-corrected chi connectivity index (χ3v) is 1.96. The lowest BCUT2D eigenvalue weighted by atomic mass is 9.86. The monoisotopic (exact) mass is 160 g/mol. The van der Waals surface area contributed by atoms with Crippen LogP contribution >= 0.6 is 0 Å². The predicted octanol–water partition coefficient (Wildman–Crippen LogP) is -1.61. The van der Waals surface area contributed by atoms with E-state index in [4.69, 9.17) is 20.4 Å². The highest BCUT2D eigenvalue weighted by Crippen LogP contribution is 2.23. The van der Waals surface area contributed by atoms with Crippen LogP contribution in [0.5, 0.6) is 0 Å². The summed E-state index contributed by atoms with van der Waals surface area (Å²) in [6.45, 7) is 3.45. The Morgan fingerprint density at radius 2 is 1.64 bits per heavy atom. The number of rotatable bonds is 0. The van der Waals surface area contributed by atoms with Crippen LogP contribution in [0.25, 0.3) is 0 Å². The van der Waals surface area contributed by atoms with Crippen molar-refractivity contribution in [2.24, 2.45) is 0 Å². The molecular formula is C7H12O4. The van der Waals surface area contributed by atoms with E-state index in [0.717, 1.165) is 0 Å². The second-order valence-electron chi connectivity index (χ2n) is 2.86. The first-order chi connectivity index (χ1) is 5.04. The molecule has 1 rings (SSSR count).